The molecule has 0 N–H and O–H groups in total. The van der Waals surface area contributed by atoms with E-state index >= 15 is 0 Å². The Bertz CT molecular complexity index is 661. The van der Waals surface area contributed by atoms with Crippen molar-refractivity contribution in [3.8, 4) is 0 Å². The summed E-state index contributed by atoms with van der Waals surface area (Å²) in [5.41, 5.74) is -1.87. The molecule has 21 heavy (non-hydrogen) atoms. The number of aryl methyl sites for hydroxylation is 1. The van der Waals surface area contributed by atoms with Gasteiger partial charge in [0, 0.05) is 18.3 Å². The van der Waals surface area contributed by atoms with Crippen molar-refractivity contribution in [2.24, 2.45) is 0 Å². The first-order valence-corrected chi connectivity index (χ1v) is 6.27. The fraction of sp³-hybridized carbons (Fsp3) is 0.286. The van der Waals surface area contributed by atoms with E-state index in [0.29, 0.717) is 24.7 Å². The van der Waals surface area contributed by atoms with Crippen molar-refractivity contribution in [2.45, 2.75) is 26.1 Å². The van der Waals surface area contributed by atoms with Crippen molar-refractivity contribution < 1.29 is 22.4 Å². The Hall–Kier alpha value is -2.18. The summed E-state index contributed by atoms with van der Waals surface area (Å²) in [6, 6.07) is 1.85. The molecule has 0 amide bonds. The average molecular weight is 300 g/mol. The number of rotatable bonds is 4. The summed E-state index contributed by atoms with van der Waals surface area (Å²) in [5.74, 6) is -1.79. The number of nitrogens with zero attached hydrogens (tertiary/aromatic N) is 2. The van der Waals surface area contributed by atoms with E-state index in [1.54, 1.807) is 0 Å². The zero-order chi connectivity index (χ0) is 15.6. The van der Waals surface area contributed by atoms with Crippen molar-refractivity contribution in [3.05, 3.63) is 53.1 Å². The van der Waals surface area contributed by atoms with Crippen molar-refractivity contribution in [3.63, 3.8) is 0 Å². The number of aromatic nitrogens is 2. The smallest absolute Gasteiger partial charge is 0.288 e. The van der Waals surface area contributed by atoms with E-state index in [9.17, 15) is 22.4 Å². The molecule has 1 heterocycles. The van der Waals surface area contributed by atoms with Gasteiger partial charge in [0.2, 0.25) is 0 Å². The Morgan fingerprint density at radius 3 is 2.67 bits per heavy atom. The molecule has 2 rings (SSSR count). The molecule has 2 aromatic rings. The number of alkyl halides is 3. The zero-order valence-electron chi connectivity index (χ0n) is 11.1. The Labute approximate surface area is 118 Å². The average Bonchev–Trinajstić information content (AvgIpc) is 2.85. The maximum atomic E-state index is 13.2. The molecule has 1 aromatic carbocycles. The predicted octanol–water partition coefficient (Wildman–Crippen LogP) is 3.68. The third-order valence-corrected chi connectivity index (χ3v) is 2.88. The molecule has 0 aliphatic heterocycles. The lowest BCUT2D eigenvalue weighted by molar-refractivity contribution is -0.137. The van der Waals surface area contributed by atoms with E-state index in [0.717, 1.165) is 6.42 Å². The highest BCUT2D eigenvalue weighted by atomic mass is 19.4. The van der Waals surface area contributed by atoms with Crippen LogP contribution in [0.3, 0.4) is 0 Å². The molecule has 0 aliphatic rings. The second-order valence-electron chi connectivity index (χ2n) is 4.51. The van der Waals surface area contributed by atoms with Crippen molar-refractivity contribution in [2.75, 3.05) is 0 Å². The summed E-state index contributed by atoms with van der Waals surface area (Å²) >= 11 is 0. The molecular formula is C14H12F4N2O. The van der Waals surface area contributed by atoms with E-state index in [2.05, 4.69) is 5.10 Å². The first-order chi connectivity index (χ1) is 9.82. The van der Waals surface area contributed by atoms with Gasteiger partial charge in [0.15, 0.2) is 5.78 Å². The first kappa shape index (κ1) is 15.2. The number of carbonyl (C=O) groups excluding carboxylic acids is 1. The molecule has 0 saturated heterocycles. The van der Waals surface area contributed by atoms with Gasteiger partial charge in [0.25, 0.3) is 0 Å². The maximum absolute atomic E-state index is 13.2. The summed E-state index contributed by atoms with van der Waals surface area (Å²) in [5, 5.41) is 3.89. The van der Waals surface area contributed by atoms with E-state index in [1.165, 1.54) is 17.1 Å². The van der Waals surface area contributed by atoms with Crippen molar-refractivity contribution in [1.29, 1.82) is 0 Å². The van der Waals surface area contributed by atoms with E-state index in [4.69, 9.17) is 0 Å². The van der Waals surface area contributed by atoms with Gasteiger partial charge in [0.1, 0.15) is 5.82 Å². The minimum absolute atomic E-state index is 0.000417. The summed E-state index contributed by atoms with van der Waals surface area (Å²) in [4.78, 5) is 12.2. The number of hydrogen-bond acceptors (Lipinski definition) is 2. The van der Waals surface area contributed by atoms with Crippen LogP contribution in [0.1, 0.15) is 34.8 Å². The van der Waals surface area contributed by atoms with Crippen LogP contribution in [0.15, 0.2) is 30.6 Å². The predicted molar refractivity (Wildman–Crippen MR) is 67.4 cm³/mol. The molecule has 0 radical (unpaired) electrons. The Balaban J connectivity index is 2.44. The molecule has 0 fully saturated rings. The van der Waals surface area contributed by atoms with Crippen molar-refractivity contribution in [1.82, 2.24) is 9.78 Å². The summed E-state index contributed by atoms with van der Waals surface area (Å²) < 4.78 is 53.3. The molecular weight excluding hydrogens is 288 g/mol. The van der Waals surface area contributed by atoms with Gasteiger partial charge in [-0.1, -0.05) is 6.92 Å². The van der Waals surface area contributed by atoms with Crippen LogP contribution in [0.5, 0.6) is 0 Å². The van der Waals surface area contributed by atoms with Crippen LogP contribution >= 0.6 is 0 Å². The highest BCUT2D eigenvalue weighted by Crippen LogP contribution is 2.33. The van der Waals surface area contributed by atoms with Crippen molar-refractivity contribution >= 4 is 5.78 Å². The van der Waals surface area contributed by atoms with Gasteiger partial charge in [0.05, 0.1) is 17.3 Å². The molecule has 3 nitrogen and oxygen atoms in total. The fourth-order valence-corrected chi connectivity index (χ4v) is 1.94. The summed E-state index contributed by atoms with van der Waals surface area (Å²) in [6.45, 7) is 2.44. The largest absolute Gasteiger partial charge is 0.417 e. The Kier molecular flexibility index (Phi) is 4.11. The van der Waals surface area contributed by atoms with Gasteiger partial charge < -0.3 is 0 Å². The molecule has 0 saturated carbocycles. The van der Waals surface area contributed by atoms with E-state index in [1.807, 2.05) is 6.92 Å². The first-order valence-electron chi connectivity index (χ1n) is 6.27. The van der Waals surface area contributed by atoms with Gasteiger partial charge in [-0.2, -0.15) is 18.3 Å². The van der Waals surface area contributed by atoms with Crippen LogP contribution in [-0.2, 0) is 12.7 Å². The summed E-state index contributed by atoms with van der Waals surface area (Å²) in [7, 11) is 0. The maximum Gasteiger partial charge on any atom is 0.417 e. The second kappa shape index (κ2) is 5.67. The van der Waals surface area contributed by atoms with Gasteiger partial charge in [-0.25, -0.2) is 4.39 Å². The van der Waals surface area contributed by atoms with Crippen LogP contribution < -0.4 is 0 Å². The molecule has 112 valence electrons. The Morgan fingerprint density at radius 2 is 2.05 bits per heavy atom. The summed E-state index contributed by atoms with van der Waals surface area (Å²) in [6.07, 6.45) is -1.42. The minimum Gasteiger partial charge on any atom is -0.288 e. The number of ketones is 1. The topological polar surface area (TPSA) is 34.9 Å². The lowest BCUT2D eigenvalue weighted by Gasteiger charge is -2.11. The quantitative estimate of drug-likeness (QED) is 0.637. The van der Waals surface area contributed by atoms with Gasteiger partial charge in [-0.05, 0) is 24.6 Å². The third-order valence-electron chi connectivity index (χ3n) is 2.88. The molecule has 7 heteroatoms. The molecule has 0 spiro atoms. The highest BCUT2D eigenvalue weighted by Gasteiger charge is 2.35. The molecule has 1 aromatic heterocycles. The van der Waals surface area contributed by atoms with Crippen LogP contribution in [-0.4, -0.2) is 15.6 Å². The molecule has 0 aliphatic carbocycles. The second-order valence-corrected chi connectivity index (χ2v) is 4.51. The van der Waals surface area contributed by atoms with Crippen LogP contribution in [0.4, 0.5) is 17.6 Å². The molecule has 0 unspecified atom stereocenters. The third kappa shape index (κ3) is 3.29. The lowest BCUT2D eigenvalue weighted by Crippen LogP contribution is -2.14. The number of halogens is 4. The van der Waals surface area contributed by atoms with Crippen LogP contribution in [0, 0.1) is 5.82 Å². The standard InChI is InChI=1S/C14H12F4N2O/c1-2-5-20-8-9(7-19-20)13(21)11-6-10(15)3-4-12(11)14(16,17)18/h3-4,6-8H,2,5H2,1H3. The van der Waals surface area contributed by atoms with Gasteiger partial charge >= 0.3 is 6.18 Å². The van der Waals surface area contributed by atoms with Crippen LogP contribution in [0.25, 0.3) is 0 Å². The number of hydrogen-bond donors (Lipinski definition) is 0. The number of carbonyl (C=O) groups is 1. The Morgan fingerprint density at radius 1 is 1.33 bits per heavy atom. The van der Waals surface area contributed by atoms with Gasteiger partial charge in [-0.15, -0.1) is 0 Å². The minimum atomic E-state index is -4.72. The molecule has 0 atom stereocenters. The fourth-order valence-electron chi connectivity index (χ4n) is 1.94. The molecule has 0 bridgehead atoms. The number of benzene rings is 1. The SMILES string of the molecule is CCCn1cc(C(=O)c2cc(F)ccc2C(F)(F)F)cn1. The van der Waals surface area contributed by atoms with E-state index < -0.39 is 28.9 Å². The van der Waals surface area contributed by atoms with Crippen LogP contribution in [0.2, 0.25) is 0 Å². The monoisotopic (exact) mass is 300 g/mol. The van der Waals surface area contributed by atoms with E-state index in [-0.39, 0.29) is 5.56 Å². The van der Waals surface area contributed by atoms with Gasteiger partial charge in [-0.3, -0.25) is 9.48 Å². The zero-order valence-corrected chi connectivity index (χ0v) is 11.1. The lowest BCUT2D eigenvalue weighted by atomic mass is 10.00. The normalized spacial score (nSPS) is 11.7. The highest BCUT2D eigenvalue weighted by molar-refractivity contribution is 6.09.